The van der Waals surface area contributed by atoms with Gasteiger partial charge in [0.1, 0.15) is 5.82 Å². The van der Waals surface area contributed by atoms with Crippen LogP contribution in [0.5, 0.6) is 0 Å². The predicted octanol–water partition coefficient (Wildman–Crippen LogP) is 1.79. The normalized spacial score (nSPS) is 12.5. The molecule has 0 aliphatic rings. The van der Waals surface area contributed by atoms with Gasteiger partial charge in [-0.15, -0.1) is 0 Å². The molecule has 0 saturated heterocycles. The van der Waals surface area contributed by atoms with Gasteiger partial charge >= 0.3 is 0 Å². The first-order chi connectivity index (χ1) is 8.56. The molecule has 18 heavy (non-hydrogen) atoms. The number of ether oxygens (including phenoxy) is 1. The van der Waals surface area contributed by atoms with Crippen LogP contribution in [0.25, 0.3) is 0 Å². The minimum absolute atomic E-state index is 0.341. The maximum absolute atomic E-state index is 11.2. The Labute approximate surface area is 109 Å². The molecule has 0 spiro atoms. The maximum Gasteiger partial charge on any atom is 0.155 e. The first kappa shape index (κ1) is 14.7. The van der Waals surface area contributed by atoms with E-state index >= 15 is 0 Å². The molecule has 5 nitrogen and oxygen atoms in total. The number of methoxy groups -OCH3 is 1. The summed E-state index contributed by atoms with van der Waals surface area (Å²) in [5.41, 5.74) is 1.45. The maximum atomic E-state index is 11.2. The first-order valence-corrected chi connectivity index (χ1v) is 6.31. The van der Waals surface area contributed by atoms with Crippen LogP contribution in [0.1, 0.15) is 36.3 Å². The molecule has 0 saturated carbocycles. The van der Waals surface area contributed by atoms with Crippen LogP contribution < -0.4 is 4.90 Å². The Bertz CT molecular complexity index is 401. The molecule has 1 aromatic heterocycles. The Morgan fingerprint density at radius 3 is 2.72 bits per heavy atom. The monoisotopic (exact) mass is 253 g/mol. The van der Waals surface area contributed by atoms with Gasteiger partial charge < -0.3 is 9.64 Å². The number of aldehydes is 1. The highest BCUT2D eigenvalue weighted by atomic mass is 16.5. The highest BCUT2D eigenvalue weighted by molar-refractivity contribution is 5.84. The van der Waals surface area contributed by atoms with E-state index in [2.05, 4.69) is 23.8 Å². The number of rotatable bonds is 7. The van der Waals surface area contributed by atoms with Gasteiger partial charge in [0, 0.05) is 26.7 Å². The number of aromatic nitrogens is 2. The van der Waals surface area contributed by atoms with Crippen molar-refractivity contribution in [2.45, 2.75) is 33.2 Å². The quantitative estimate of drug-likeness (QED) is 0.695. The van der Waals surface area contributed by atoms with Crippen LogP contribution in [0.3, 0.4) is 0 Å². The largest absolute Gasteiger partial charge is 0.383 e. The molecule has 0 N–H and O–H groups in total. The molecule has 1 atom stereocenters. The topological polar surface area (TPSA) is 47.4 Å². The SMILES string of the molecule is CCC(C)N(CCOC)c1c(C=O)c(C)nn1C. The second-order valence-electron chi connectivity index (χ2n) is 4.51. The zero-order valence-electron chi connectivity index (χ0n) is 11.9. The van der Waals surface area contributed by atoms with Crippen LogP contribution in [0, 0.1) is 6.92 Å². The molecule has 0 fully saturated rings. The van der Waals surface area contributed by atoms with Gasteiger partial charge in [0.05, 0.1) is 17.9 Å². The average molecular weight is 253 g/mol. The van der Waals surface area contributed by atoms with Gasteiger partial charge in [0.15, 0.2) is 6.29 Å². The molecule has 1 heterocycles. The van der Waals surface area contributed by atoms with Gasteiger partial charge in [0.2, 0.25) is 0 Å². The van der Waals surface area contributed by atoms with Crippen molar-refractivity contribution in [2.75, 3.05) is 25.2 Å². The number of anilines is 1. The minimum atomic E-state index is 0.341. The second-order valence-corrected chi connectivity index (χ2v) is 4.51. The molecule has 0 aliphatic heterocycles. The van der Waals surface area contributed by atoms with Gasteiger partial charge in [0.25, 0.3) is 0 Å². The van der Waals surface area contributed by atoms with E-state index in [4.69, 9.17) is 4.74 Å². The summed E-state index contributed by atoms with van der Waals surface area (Å²) in [6, 6.07) is 0.341. The first-order valence-electron chi connectivity index (χ1n) is 6.31. The molecule has 0 amide bonds. The van der Waals surface area contributed by atoms with Crippen LogP contribution in [0.2, 0.25) is 0 Å². The Morgan fingerprint density at radius 1 is 1.56 bits per heavy atom. The molecule has 102 valence electrons. The Hall–Kier alpha value is -1.36. The number of carbonyl (C=O) groups excluding carboxylic acids is 1. The molecule has 0 radical (unpaired) electrons. The van der Waals surface area contributed by atoms with E-state index in [-0.39, 0.29) is 0 Å². The van der Waals surface area contributed by atoms with Crippen LogP contribution in [-0.4, -0.2) is 42.4 Å². The average Bonchev–Trinajstić information content (AvgIpc) is 2.64. The Kier molecular flexibility index (Phi) is 5.34. The second kappa shape index (κ2) is 6.54. The third-order valence-electron chi connectivity index (χ3n) is 3.29. The predicted molar refractivity (Wildman–Crippen MR) is 72.3 cm³/mol. The summed E-state index contributed by atoms with van der Waals surface area (Å²) in [5, 5.41) is 4.33. The number of hydrogen-bond acceptors (Lipinski definition) is 4. The molecule has 0 aromatic carbocycles. The lowest BCUT2D eigenvalue weighted by Gasteiger charge is -2.30. The highest BCUT2D eigenvalue weighted by Gasteiger charge is 2.22. The van der Waals surface area contributed by atoms with Crippen LogP contribution in [-0.2, 0) is 11.8 Å². The van der Waals surface area contributed by atoms with Crippen molar-refractivity contribution in [1.82, 2.24) is 9.78 Å². The van der Waals surface area contributed by atoms with Crippen molar-refractivity contribution in [3.05, 3.63) is 11.3 Å². The van der Waals surface area contributed by atoms with E-state index in [1.54, 1.807) is 11.8 Å². The van der Waals surface area contributed by atoms with E-state index in [9.17, 15) is 4.79 Å². The molecule has 0 bridgehead atoms. The lowest BCUT2D eigenvalue weighted by molar-refractivity contribution is 0.112. The van der Waals surface area contributed by atoms with Crippen LogP contribution in [0.4, 0.5) is 5.82 Å². The van der Waals surface area contributed by atoms with E-state index < -0.39 is 0 Å². The summed E-state index contributed by atoms with van der Waals surface area (Å²) in [6.45, 7) is 7.53. The molecule has 0 aliphatic carbocycles. The van der Waals surface area contributed by atoms with Gasteiger partial charge in [-0.3, -0.25) is 9.48 Å². The molecule has 1 rings (SSSR count). The lowest BCUT2D eigenvalue weighted by atomic mass is 10.2. The number of hydrogen-bond donors (Lipinski definition) is 0. The fourth-order valence-electron chi connectivity index (χ4n) is 2.09. The number of aryl methyl sites for hydroxylation is 2. The summed E-state index contributed by atoms with van der Waals surface area (Å²) in [4.78, 5) is 13.4. The number of carbonyl (C=O) groups is 1. The molecular weight excluding hydrogens is 230 g/mol. The summed E-state index contributed by atoms with van der Waals surface area (Å²) in [5.74, 6) is 0.883. The number of nitrogens with zero attached hydrogens (tertiary/aromatic N) is 3. The summed E-state index contributed by atoms with van der Waals surface area (Å²) in [6.07, 6.45) is 1.89. The zero-order valence-corrected chi connectivity index (χ0v) is 11.9. The summed E-state index contributed by atoms with van der Waals surface area (Å²) in [7, 11) is 3.56. The minimum Gasteiger partial charge on any atom is -0.383 e. The van der Waals surface area contributed by atoms with E-state index in [1.165, 1.54) is 0 Å². The third kappa shape index (κ3) is 2.90. The van der Waals surface area contributed by atoms with Crippen molar-refractivity contribution in [3.8, 4) is 0 Å². The van der Waals surface area contributed by atoms with Gasteiger partial charge in [-0.1, -0.05) is 6.92 Å². The lowest BCUT2D eigenvalue weighted by Crippen LogP contribution is -2.37. The van der Waals surface area contributed by atoms with E-state index in [0.29, 0.717) is 18.2 Å². The standard InChI is InChI=1S/C13H23N3O2/c1-6-10(2)16(7-8-18-5)13-12(9-17)11(3)14-15(13)4/h9-10H,6-8H2,1-5H3. The van der Waals surface area contributed by atoms with Crippen molar-refractivity contribution < 1.29 is 9.53 Å². The van der Waals surface area contributed by atoms with E-state index in [0.717, 1.165) is 30.8 Å². The van der Waals surface area contributed by atoms with Crippen molar-refractivity contribution in [3.63, 3.8) is 0 Å². The van der Waals surface area contributed by atoms with Gasteiger partial charge in [-0.05, 0) is 20.3 Å². The van der Waals surface area contributed by atoms with Gasteiger partial charge in [-0.25, -0.2) is 0 Å². The van der Waals surface area contributed by atoms with E-state index in [1.807, 2.05) is 14.0 Å². The van der Waals surface area contributed by atoms with Crippen LogP contribution in [0.15, 0.2) is 0 Å². The van der Waals surface area contributed by atoms with Crippen molar-refractivity contribution in [1.29, 1.82) is 0 Å². The summed E-state index contributed by atoms with van der Waals surface area (Å²) < 4.78 is 6.93. The molecule has 1 unspecified atom stereocenters. The van der Waals surface area contributed by atoms with Crippen molar-refractivity contribution in [2.24, 2.45) is 7.05 Å². The fraction of sp³-hybridized carbons (Fsp3) is 0.692. The molecule has 5 heteroatoms. The zero-order chi connectivity index (χ0) is 13.7. The fourth-order valence-corrected chi connectivity index (χ4v) is 2.09. The molecular formula is C13H23N3O2. The Balaban J connectivity index is 3.14. The van der Waals surface area contributed by atoms with Crippen LogP contribution >= 0.6 is 0 Å². The van der Waals surface area contributed by atoms with Gasteiger partial charge in [-0.2, -0.15) is 5.10 Å². The Morgan fingerprint density at radius 2 is 2.22 bits per heavy atom. The molecule has 1 aromatic rings. The summed E-state index contributed by atoms with van der Waals surface area (Å²) >= 11 is 0. The van der Waals surface area contributed by atoms with Crippen molar-refractivity contribution >= 4 is 12.1 Å². The highest BCUT2D eigenvalue weighted by Crippen LogP contribution is 2.24. The smallest absolute Gasteiger partial charge is 0.155 e. The third-order valence-corrected chi connectivity index (χ3v) is 3.29.